The van der Waals surface area contributed by atoms with E-state index >= 15 is 0 Å². The average molecular weight is 417 g/mol. The minimum atomic E-state index is 0.567. The van der Waals surface area contributed by atoms with Crippen molar-refractivity contribution in [2.24, 2.45) is 0 Å². The predicted octanol–water partition coefficient (Wildman–Crippen LogP) is 5.09. The van der Waals surface area contributed by atoms with Crippen molar-refractivity contribution in [3.8, 4) is 0 Å². The molecule has 4 nitrogen and oxygen atoms in total. The fourth-order valence-electron chi connectivity index (χ4n) is 2.16. The first-order valence-corrected chi connectivity index (χ1v) is 9.75. The molecule has 0 saturated heterocycles. The van der Waals surface area contributed by atoms with Crippen LogP contribution in [0.1, 0.15) is 68.3 Å². The number of aromatic amines is 1. The zero-order chi connectivity index (χ0) is 15.7. The van der Waals surface area contributed by atoms with Crippen molar-refractivity contribution < 1.29 is 9.59 Å². The Morgan fingerprint density at radius 3 is 2.27 bits per heavy atom. The first-order valence-electron chi connectivity index (χ1n) is 6.92. The third-order valence-electron chi connectivity index (χ3n) is 3.52. The molecule has 22 heavy (non-hydrogen) atoms. The molecule has 2 heterocycles. The summed E-state index contributed by atoms with van der Waals surface area (Å²) in [7, 11) is 0. The van der Waals surface area contributed by atoms with Crippen LogP contribution in [0.3, 0.4) is 0 Å². The van der Waals surface area contributed by atoms with Crippen molar-refractivity contribution in [3.63, 3.8) is 0 Å². The van der Waals surface area contributed by atoms with Gasteiger partial charge in [0.1, 0.15) is 0 Å². The molecule has 0 atom stereocenters. The molecule has 4 rings (SSSR count). The van der Waals surface area contributed by atoms with Crippen LogP contribution < -0.4 is 0 Å². The van der Waals surface area contributed by atoms with Gasteiger partial charge >= 0.3 is 0 Å². The summed E-state index contributed by atoms with van der Waals surface area (Å²) >= 11 is 11.0. The number of halogens is 1. The number of nitrogens with zero attached hydrogens (tertiary/aromatic N) is 1. The van der Waals surface area contributed by atoms with Gasteiger partial charge in [-0.2, -0.15) is 0 Å². The molecule has 8 heteroatoms. The SMILES string of the molecule is O=Cc1sc(=S)[nH]c1C1CC1.O=Cc1sc(Br)nc1C1CC1. The molecule has 0 radical (unpaired) electrons. The number of hydrogen-bond donors (Lipinski definition) is 1. The zero-order valence-corrected chi connectivity index (χ0v) is 15.5. The molecule has 2 fully saturated rings. The normalized spacial score (nSPS) is 16.8. The van der Waals surface area contributed by atoms with Gasteiger partial charge in [0.25, 0.3) is 0 Å². The number of H-pyrrole nitrogens is 1. The number of thiazole rings is 2. The Hall–Kier alpha value is -0.700. The molecule has 0 aromatic carbocycles. The van der Waals surface area contributed by atoms with Crippen molar-refractivity contribution in [3.05, 3.63) is 29.0 Å². The average Bonchev–Trinajstić information content (AvgIpc) is 3.43. The van der Waals surface area contributed by atoms with Crippen LogP contribution in [0.2, 0.25) is 0 Å². The highest BCUT2D eigenvalue weighted by atomic mass is 79.9. The molecule has 0 aliphatic heterocycles. The van der Waals surface area contributed by atoms with Crippen molar-refractivity contribution in [1.29, 1.82) is 0 Å². The van der Waals surface area contributed by atoms with E-state index in [-0.39, 0.29) is 0 Å². The summed E-state index contributed by atoms with van der Waals surface area (Å²) in [4.78, 5) is 29.9. The summed E-state index contributed by atoms with van der Waals surface area (Å²) in [6.45, 7) is 0. The van der Waals surface area contributed by atoms with Gasteiger partial charge in [0.2, 0.25) is 0 Å². The number of carbonyl (C=O) groups is 2. The molecular weight excluding hydrogens is 404 g/mol. The van der Waals surface area contributed by atoms with E-state index < -0.39 is 0 Å². The van der Waals surface area contributed by atoms with Crippen LogP contribution in [0.25, 0.3) is 0 Å². The predicted molar refractivity (Wildman–Crippen MR) is 94.0 cm³/mol. The lowest BCUT2D eigenvalue weighted by Crippen LogP contribution is -1.84. The van der Waals surface area contributed by atoms with Gasteiger partial charge in [0.15, 0.2) is 20.4 Å². The van der Waals surface area contributed by atoms with E-state index in [2.05, 4.69) is 25.9 Å². The summed E-state index contributed by atoms with van der Waals surface area (Å²) in [5.41, 5.74) is 2.06. The second kappa shape index (κ2) is 6.82. The molecule has 0 amide bonds. The van der Waals surface area contributed by atoms with Gasteiger partial charge < -0.3 is 4.98 Å². The van der Waals surface area contributed by atoms with E-state index in [4.69, 9.17) is 12.2 Å². The molecule has 0 bridgehead atoms. The van der Waals surface area contributed by atoms with Crippen LogP contribution in [0.15, 0.2) is 3.92 Å². The van der Waals surface area contributed by atoms with Gasteiger partial charge in [-0.25, -0.2) is 4.98 Å². The number of carbonyl (C=O) groups excluding carboxylic acids is 2. The fraction of sp³-hybridized carbons (Fsp3) is 0.429. The van der Waals surface area contributed by atoms with E-state index in [1.54, 1.807) is 0 Å². The van der Waals surface area contributed by atoms with E-state index in [9.17, 15) is 9.59 Å². The Balaban J connectivity index is 0.000000131. The maximum atomic E-state index is 10.5. The smallest absolute Gasteiger partial charge is 0.161 e. The summed E-state index contributed by atoms with van der Waals surface area (Å²) in [5.74, 6) is 1.15. The van der Waals surface area contributed by atoms with Crippen LogP contribution in [0.4, 0.5) is 0 Å². The highest BCUT2D eigenvalue weighted by Gasteiger charge is 2.29. The zero-order valence-electron chi connectivity index (χ0n) is 11.5. The highest BCUT2D eigenvalue weighted by Crippen LogP contribution is 2.43. The standard InChI is InChI=1S/C7H6BrNOS.C7H7NOS2/c8-7-9-6(4-1-2-4)5(3-10)11-7;9-3-5-6(4-1-2-4)8-7(10)11-5/h3-4H,1-2H2;3-4H,1-2H2,(H,8,10). The molecule has 2 aliphatic rings. The first-order chi connectivity index (χ1) is 10.6. The molecule has 0 unspecified atom stereocenters. The molecule has 1 N–H and O–H groups in total. The van der Waals surface area contributed by atoms with E-state index in [1.165, 1.54) is 48.4 Å². The summed E-state index contributed by atoms with van der Waals surface area (Å²) < 4.78 is 1.54. The van der Waals surface area contributed by atoms with Gasteiger partial charge in [-0.1, -0.05) is 0 Å². The first kappa shape index (κ1) is 16.2. The van der Waals surface area contributed by atoms with Crippen LogP contribution >= 0.6 is 50.8 Å². The molecule has 0 spiro atoms. The summed E-state index contributed by atoms with van der Waals surface area (Å²) in [6, 6.07) is 0. The Labute approximate surface area is 149 Å². The van der Waals surface area contributed by atoms with Crippen molar-refractivity contribution in [2.75, 3.05) is 0 Å². The third-order valence-corrected chi connectivity index (χ3v) is 6.15. The Kier molecular flexibility index (Phi) is 5.01. The number of hydrogen-bond acceptors (Lipinski definition) is 6. The van der Waals surface area contributed by atoms with E-state index in [0.29, 0.717) is 15.8 Å². The molecule has 2 aliphatic carbocycles. The number of nitrogens with one attached hydrogen (secondary N) is 1. The monoisotopic (exact) mass is 416 g/mol. The van der Waals surface area contributed by atoms with Gasteiger partial charge in [-0.15, -0.1) is 22.7 Å². The minimum Gasteiger partial charge on any atom is -0.340 e. The Morgan fingerprint density at radius 1 is 1.09 bits per heavy atom. The fourth-order valence-corrected chi connectivity index (χ4v) is 4.68. The maximum absolute atomic E-state index is 10.5. The lowest BCUT2D eigenvalue weighted by atomic mass is 10.3. The van der Waals surface area contributed by atoms with E-state index in [0.717, 1.165) is 37.6 Å². The number of aldehydes is 2. The maximum Gasteiger partial charge on any atom is 0.161 e. The van der Waals surface area contributed by atoms with Gasteiger partial charge in [0.05, 0.1) is 15.4 Å². The van der Waals surface area contributed by atoms with Crippen LogP contribution in [-0.2, 0) is 0 Å². The molecular formula is C14H13BrN2O2S3. The molecule has 2 aromatic heterocycles. The quantitative estimate of drug-likeness (QED) is 0.556. The van der Waals surface area contributed by atoms with Gasteiger partial charge in [-0.05, 0) is 53.8 Å². The van der Waals surface area contributed by atoms with Crippen molar-refractivity contribution in [1.82, 2.24) is 9.97 Å². The van der Waals surface area contributed by atoms with Gasteiger partial charge in [-0.3, -0.25) is 9.59 Å². The lowest BCUT2D eigenvalue weighted by molar-refractivity contribution is 0.111. The van der Waals surface area contributed by atoms with Gasteiger partial charge in [0, 0.05) is 17.5 Å². The number of rotatable bonds is 4. The highest BCUT2D eigenvalue weighted by molar-refractivity contribution is 9.11. The lowest BCUT2D eigenvalue weighted by Gasteiger charge is -1.89. The molecule has 2 aromatic rings. The van der Waals surface area contributed by atoms with Crippen LogP contribution in [0, 0.1) is 3.95 Å². The summed E-state index contributed by atoms with van der Waals surface area (Å²) in [6.07, 6.45) is 6.57. The topological polar surface area (TPSA) is 62.8 Å². The van der Waals surface area contributed by atoms with Crippen molar-refractivity contribution in [2.45, 2.75) is 37.5 Å². The minimum absolute atomic E-state index is 0.567. The van der Waals surface area contributed by atoms with E-state index in [1.807, 2.05) is 0 Å². The second-order valence-corrected chi connectivity index (χ2v) is 9.32. The molecule has 2 saturated carbocycles. The molecule has 116 valence electrons. The number of aromatic nitrogens is 2. The largest absolute Gasteiger partial charge is 0.340 e. The van der Waals surface area contributed by atoms with Crippen molar-refractivity contribution >= 4 is 63.4 Å². The van der Waals surface area contributed by atoms with Crippen LogP contribution in [-0.4, -0.2) is 22.5 Å². The third kappa shape index (κ3) is 3.79. The Morgan fingerprint density at radius 2 is 1.73 bits per heavy atom. The van der Waals surface area contributed by atoms with Crippen LogP contribution in [0.5, 0.6) is 0 Å². The second-order valence-electron chi connectivity index (χ2n) is 5.29. The summed E-state index contributed by atoms with van der Waals surface area (Å²) in [5, 5.41) is 0. The Bertz CT molecular complexity index is 756.